The van der Waals surface area contributed by atoms with E-state index in [0.29, 0.717) is 12.1 Å². The van der Waals surface area contributed by atoms with E-state index in [1.807, 2.05) is 23.1 Å². The molecule has 4 rings (SSSR count). The number of carbonyl (C=O) groups excluding carboxylic acids is 1. The van der Waals surface area contributed by atoms with Crippen molar-refractivity contribution < 1.29 is 4.79 Å². The Labute approximate surface area is 184 Å². The van der Waals surface area contributed by atoms with E-state index in [1.54, 1.807) is 6.92 Å². The molecule has 1 amide bonds. The fourth-order valence-corrected chi connectivity index (χ4v) is 4.46. The molecule has 1 aliphatic heterocycles. The van der Waals surface area contributed by atoms with Crippen molar-refractivity contribution in [3.63, 3.8) is 0 Å². The third-order valence-electron chi connectivity index (χ3n) is 6.64. The number of hydrogen-bond acceptors (Lipinski definition) is 2. The van der Waals surface area contributed by atoms with Gasteiger partial charge in [-0.1, -0.05) is 51.1 Å². The van der Waals surface area contributed by atoms with Gasteiger partial charge in [-0.3, -0.25) is 4.79 Å². The first-order valence-corrected chi connectivity index (χ1v) is 10.9. The second-order valence-corrected chi connectivity index (χ2v) is 8.89. The maximum Gasteiger partial charge on any atom is 0.219 e. The van der Waals surface area contributed by atoms with Crippen molar-refractivity contribution >= 4 is 22.4 Å². The Morgan fingerprint density at radius 2 is 2.00 bits per heavy atom. The number of benzene rings is 2. The lowest BCUT2D eigenvalue weighted by Gasteiger charge is -2.29. The van der Waals surface area contributed by atoms with Gasteiger partial charge in [0.05, 0.1) is 11.6 Å². The second-order valence-electron chi connectivity index (χ2n) is 8.89. The van der Waals surface area contributed by atoms with Crippen LogP contribution in [-0.2, 0) is 16.6 Å². The number of amides is 1. The summed E-state index contributed by atoms with van der Waals surface area (Å²) in [5.41, 5.74) is 7.81. The summed E-state index contributed by atoms with van der Waals surface area (Å²) < 4.78 is 0. The monoisotopic (exact) mass is 411 g/mol. The van der Waals surface area contributed by atoms with Gasteiger partial charge in [0.25, 0.3) is 0 Å². The van der Waals surface area contributed by atoms with Gasteiger partial charge in [0.1, 0.15) is 0 Å². The number of fused-ring (bicyclic) bond motifs is 1. The molecule has 2 aromatic carbocycles. The summed E-state index contributed by atoms with van der Waals surface area (Å²) in [6.45, 7) is 9.77. The molecule has 0 aliphatic carbocycles. The van der Waals surface area contributed by atoms with Crippen molar-refractivity contribution in [1.82, 2.24) is 9.88 Å². The zero-order chi connectivity index (χ0) is 22.2. The van der Waals surface area contributed by atoms with Crippen LogP contribution in [0.5, 0.6) is 0 Å². The minimum atomic E-state index is -0.215. The normalized spacial score (nSPS) is 14.4. The van der Waals surface area contributed by atoms with Gasteiger partial charge in [0.2, 0.25) is 5.91 Å². The highest BCUT2D eigenvalue weighted by molar-refractivity contribution is 5.82. The molecule has 0 saturated carbocycles. The van der Waals surface area contributed by atoms with Crippen LogP contribution in [0.2, 0.25) is 0 Å². The number of nitriles is 1. The summed E-state index contributed by atoms with van der Waals surface area (Å²) in [6.07, 6.45) is 4.08. The molecule has 0 unspecified atom stereocenters. The fourth-order valence-electron chi connectivity index (χ4n) is 4.46. The molecule has 1 aliphatic rings. The summed E-state index contributed by atoms with van der Waals surface area (Å²) in [4.78, 5) is 17.1. The van der Waals surface area contributed by atoms with Crippen molar-refractivity contribution in [3.8, 4) is 6.07 Å². The highest BCUT2D eigenvalue weighted by Crippen LogP contribution is 2.36. The van der Waals surface area contributed by atoms with E-state index in [2.05, 4.69) is 62.2 Å². The van der Waals surface area contributed by atoms with Crippen LogP contribution in [0, 0.1) is 11.3 Å². The molecule has 0 spiro atoms. The first-order chi connectivity index (χ1) is 14.8. The number of nitrogens with zero attached hydrogens (tertiary/aromatic N) is 2. The maximum absolute atomic E-state index is 11.7. The molecule has 1 aromatic heterocycles. The second kappa shape index (κ2) is 8.07. The summed E-state index contributed by atoms with van der Waals surface area (Å²) in [5.74, 6) is 0.138. The number of nitrogens with one attached hydrogen (secondary N) is 1. The van der Waals surface area contributed by atoms with E-state index in [-0.39, 0.29) is 11.3 Å². The number of H-pyrrole nitrogens is 1. The lowest BCUT2D eigenvalue weighted by atomic mass is 9.79. The number of rotatable bonds is 4. The van der Waals surface area contributed by atoms with Crippen LogP contribution >= 0.6 is 0 Å². The van der Waals surface area contributed by atoms with E-state index in [9.17, 15) is 10.1 Å². The molecule has 4 heteroatoms. The fraction of sp³-hybridized carbons (Fsp3) is 0.333. The molecule has 1 N–H and O–H groups in total. The van der Waals surface area contributed by atoms with Crippen LogP contribution in [0.1, 0.15) is 62.1 Å². The van der Waals surface area contributed by atoms with Crippen molar-refractivity contribution in [2.75, 3.05) is 13.1 Å². The molecule has 158 valence electrons. The SMILES string of the molecule is CCc1ccc(C(C)(C)c2cc3ccc(C#N)cc3[nH]2)cc1C1=CCN(C(C)=O)CC1. The molecule has 0 fully saturated rings. The summed E-state index contributed by atoms with van der Waals surface area (Å²) in [6, 6.07) is 17.0. The number of aromatic nitrogens is 1. The minimum Gasteiger partial charge on any atom is -0.358 e. The van der Waals surface area contributed by atoms with Gasteiger partial charge in [-0.05, 0) is 58.7 Å². The third-order valence-corrected chi connectivity index (χ3v) is 6.64. The minimum absolute atomic E-state index is 0.138. The van der Waals surface area contributed by atoms with Gasteiger partial charge < -0.3 is 9.88 Å². The van der Waals surface area contributed by atoms with E-state index in [1.165, 1.54) is 22.3 Å². The van der Waals surface area contributed by atoms with E-state index >= 15 is 0 Å². The molecule has 3 aromatic rings. The van der Waals surface area contributed by atoms with Crippen LogP contribution < -0.4 is 0 Å². The van der Waals surface area contributed by atoms with Crippen LogP contribution in [0.4, 0.5) is 0 Å². The molecule has 2 heterocycles. The summed E-state index contributed by atoms with van der Waals surface area (Å²) >= 11 is 0. The Hall–Kier alpha value is -3.32. The van der Waals surface area contributed by atoms with Gasteiger partial charge in [0, 0.05) is 36.6 Å². The van der Waals surface area contributed by atoms with Crippen LogP contribution in [0.25, 0.3) is 16.5 Å². The third kappa shape index (κ3) is 3.88. The Kier molecular flexibility index (Phi) is 5.45. The predicted molar refractivity (Wildman–Crippen MR) is 126 cm³/mol. The van der Waals surface area contributed by atoms with Gasteiger partial charge in [-0.2, -0.15) is 5.26 Å². The predicted octanol–water partition coefficient (Wildman–Crippen LogP) is 5.56. The van der Waals surface area contributed by atoms with Gasteiger partial charge >= 0.3 is 0 Å². The Bertz CT molecular complexity index is 1220. The van der Waals surface area contributed by atoms with Gasteiger partial charge in [0.15, 0.2) is 0 Å². The average molecular weight is 412 g/mol. The maximum atomic E-state index is 11.7. The Morgan fingerprint density at radius 3 is 2.65 bits per heavy atom. The van der Waals surface area contributed by atoms with Crippen molar-refractivity contribution in [2.24, 2.45) is 0 Å². The highest BCUT2D eigenvalue weighted by Gasteiger charge is 2.27. The number of hydrogen-bond donors (Lipinski definition) is 1. The van der Waals surface area contributed by atoms with Gasteiger partial charge in [-0.15, -0.1) is 0 Å². The van der Waals surface area contributed by atoms with Crippen molar-refractivity contribution in [2.45, 2.75) is 46.0 Å². The summed E-state index contributed by atoms with van der Waals surface area (Å²) in [7, 11) is 0. The molecule has 4 nitrogen and oxygen atoms in total. The average Bonchev–Trinajstić information content (AvgIpc) is 3.23. The Morgan fingerprint density at radius 1 is 1.19 bits per heavy atom. The van der Waals surface area contributed by atoms with Crippen LogP contribution in [0.3, 0.4) is 0 Å². The number of aryl methyl sites for hydroxylation is 1. The van der Waals surface area contributed by atoms with Gasteiger partial charge in [-0.25, -0.2) is 0 Å². The molecule has 0 saturated heterocycles. The highest BCUT2D eigenvalue weighted by atomic mass is 16.2. The smallest absolute Gasteiger partial charge is 0.219 e. The molecule has 31 heavy (non-hydrogen) atoms. The largest absolute Gasteiger partial charge is 0.358 e. The zero-order valence-electron chi connectivity index (χ0n) is 18.7. The standard InChI is InChI=1S/C27H29N3O/c1-5-20-8-9-23(16-24(20)21-10-12-30(13-11-21)18(2)31)27(3,4)26-15-22-7-6-19(17-28)14-25(22)29-26/h6-10,14-16,29H,5,11-13H2,1-4H3. The lowest BCUT2D eigenvalue weighted by molar-refractivity contribution is -0.128. The quantitative estimate of drug-likeness (QED) is 0.611. The van der Waals surface area contributed by atoms with E-state index in [0.717, 1.165) is 36.0 Å². The number of aromatic amines is 1. The molecular weight excluding hydrogens is 382 g/mol. The van der Waals surface area contributed by atoms with Crippen molar-refractivity contribution in [1.29, 1.82) is 5.26 Å². The summed E-state index contributed by atoms with van der Waals surface area (Å²) in [5, 5.41) is 10.3. The van der Waals surface area contributed by atoms with Crippen molar-refractivity contribution in [3.05, 3.63) is 76.5 Å². The van der Waals surface area contributed by atoms with E-state index in [4.69, 9.17) is 0 Å². The molecule has 0 bridgehead atoms. The van der Waals surface area contributed by atoms with E-state index < -0.39 is 0 Å². The molecular formula is C27H29N3O. The van der Waals surface area contributed by atoms with Crippen LogP contribution in [-0.4, -0.2) is 28.9 Å². The van der Waals surface area contributed by atoms with Crippen LogP contribution in [0.15, 0.2) is 48.5 Å². The molecule has 0 radical (unpaired) electrons. The Balaban J connectivity index is 1.73. The first kappa shape index (κ1) is 20.9. The molecule has 0 atom stereocenters. The zero-order valence-corrected chi connectivity index (χ0v) is 18.7. The lowest BCUT2D eigenvalue weighted by Crippen LogP contribution is -2.32. The topological polar surface area (TPSA) is 59.9 Å². The first-order valence-electron chi connectivity index (χ1n) is 10.9. The number of carbonyl (C=O) groups is 1.